The molecule has 5 nitrogen and oxygen atoms in total. The fourth-order valence-electron chi connectivity index (χ4n) is 2.46. The van der Waals surface area contributed by atoms with Crippen molar-refractivity contribution in [2.75, 3.05) is 13.7 Å². The van der Waals surface area contributed by atoms with E-state index in [1.807, 2.05) is 6.92 Å². The van der Waals surface area contributed by atoms with E-state index >= 15 is 0 Å². The monoisotopic (exact) mass is 352 g/mol. The zero-order valence-electron chi connectivity index (χ0n) is 11.8. The minimum atomic E-state index is -3.73. The average molecular weight is 353 g/mol. The fourth-order valence-corrected chi connectivity index (χ4v) is 4.75. The summed E-state index contributed by atoms with van der Waals surface area (Å²) in [5, 5.41) is 0.456. The Morgan fingerprint density at radius 1 is 1.38 bits per heavy atom. The van der Waals surface area contributed by atoms with Crippen LogP contribution < -0.4 is 5.73 Å². The maximum Gasteiger partial charge on any atom is 0.244 e. The van der Waals surface area contributed by atoms with Crippen LogP contribution in [0.5, 0.6) is 0 Å². The van der Waals surface area contributed by atoms with Gasteiger partial charge in [-0.1, -0.05) is 23.2 Å². The van der Waals surface area contributed by atoms with Gasteiger partial charge in [-0.15, -0.1) is 0 Å². The topological polar surface area (TPSA) is 72.6 Å². The van der Waals surface area contributed by atoms with Crippen molar-refractivity contribution in [3.63, 3.8) is 0 Å². The number of halogens is 2. The van der Waals surface area contributed by atoms with Crippen LogP contribution in [0.2, 0.25) is 10.0 Å². The van der Waals surface area contributed by atoms with Crippen LogP contribution >= 0.6 is 23.2 Å². The van der Waals surface area contributed by atoms with Crippen LogP contribution in [0.3, 0.4) is 0 Å². The SMILES string of the molecule is CC1OCCC1N(C)S(=O)(=O)c1cc(CN)c(Cl)cc1Cl. The average Bonchev–Trinajstić information content (AvgIpc) is 2.83. The Labute approximate surface area is 135 Å². The van der Waals surface area contributed by atoms with E-state index in [2.05, 4.69) is 0 Å². The third-order valence-corrected chi connectivity index (χ3v) is 6.48. The Morgan fingerprint density at radius 2 is 2.05 bits per heavy atom. The van der Waals surface area contributed by atoms with Crippen LogP contribution in [0.25, 0.3) is 0 Å². The molecule has 0 aliphatic carbocycles. The molecule has 0 aromatic heterocycles. The molecule has 0 bridgehead atoms. The highest BCUT2D eigenvalue weighted by Crippen LogP contribution is 2.32. The van der Waals surface area contributed by atoms with Crippen LogP contribution in [0, 0.1) is 0 Å². The highest BCUT2D eigenvalue weighted by atomic mass is 35.5. The van der Waals surface area contributed by atoms with Gasteiger partial charge >= 0.3 is 0 Å². The first-order valence-electron chi connectivity index (χ1n) is 6.56. The van der Waals surface area contributed by atoms with Crippen LogP contribution in [0.15, 0.2) is 17.0 Å². The van der Waals surface area contributed by atoms with E-state index in [0.717, 1.165) is 0 Å². The number of benzene rings is 1. The molecule has 1 fully saturated rings. The Morgan fingerprint density at radius 3 is 2.57 bits per heavy atom. The van der Waals surface area contributed by atoms with Crippen molar-refractivity contribution in [1.29, 1.82) is 0 Å². The highest BCUT2D eigenvalue weighted by Gasteiger charge is 2.36. The minimum Gasteiger partial charge on any atom is -0.377 e. The smallest absolute Gasteiger partial charge is 0.244 e. The van der Waals surface area contributed by atoms with Gasteiger partial charge in [0, 0.05) is 25.2 Å². The molecule has 2 N–H and O–H groups in total. The second-order valence-corrected chi connectivity index (χ2v) is 7.81. The first-order chi connectivity index (χ1) is 9.78. The molecule has 1 aliphatic heterocycles. The molecular formula is C13H18Cl2N2O3S. The number of nitrogens with two attached hydrogens (primary N) is 1. The maximum atomic E-state index is 12.8. The third kappa shape index (κ3) is 3.21. The lowest BCUT2D eigenvalue weighted by Gasteiger charge is -2.26. The summed E-state index contributed by atoms with van der Waals surface area (Å²) in [5.41, 5.74) is 6.12. The Kier molecular flexibility index (Phi) is 5.18. The molecule has 21 heavy (non-hydrogen) atoms. The summed E-state index contributed by atoms with van der Waals surface area (Å²) in [6, 6.07) is 2.65. The number of nitrogens with zero attached hydrogens (tertiary/aromatic N) is 1. The quantitative estimate of drug-likeness (QED) is 0.901. The van der Waals surface area contributed by atoms with E-state index in [4.69, 9.17) is 33.7 Å². The summed E-state index contributed by atoms with van der Waals surface area (Å²) >= 11 is 12.1. The molecule has 0 radical (unpaired) electrons. The van der Waals surface area contributed by atoms with Gasteiger partial charge in [0.15, 0.2) is 0 Å². The second kappa shape index (κ2) is 6.40. The number of hydrogen-bond donors (Lipinski definition) is 1. The van der Waals surface area contributed by atoms with Gasteiger partial charge in [-0.05, 0) is 31.0 Å². The molecule has 2 rings (SSSR count). The number of rotatable bonds is 4. The molecule has 1 heterocycles. The maximum absolute atomic E-state index is 12.8. The predicted octanol–water partition coefficient (Wildman–Crippen LogP) is 2.25. The number of likely N-dealkylation sites (N-methyl/N-ethyl adjacent to an activating group) is 1. The number of ether oxygens (including phenoxy) is 1. The first kappa shape index (κ1) is 17.0. The van der Waals surface area contributed by atoms with Crippen LogP contribution in [-0.4, -0.2) is 38.5 Å². The molecule has 2 atom stereocenters. The van der Waals surface area contributed by atoms with Gasteiger partial charge in [0.05, 0.1) is 17.2 Å². The van der Waals surface area contributed by atoms with E-state index in [1.54, 1.807) is 0 Å². The van der Waals surface area contributed by atoms with Crippen molar-refractivity contribution < 1.29 is 13.2 Å². The lowest BCUT2D eigenvalue weighted by Crippen LogP contribution is -2.41. The van der Waals surface area contributed by atoms with E-state index in [0.29, 0.717) is 23.6 Å². The largest absolute Gasteiger partial charge is 0.377 e. The Bertz CT molecular complexity index is 637. The molecule has 0 spiro atoms. The molecular weight excluding hydrogens is 335 g/mol. The molecule has 0 amide bonds. The van der Waals surface area contributed by atoms with Crippen molar-refractivity contribution in [1.82, 2.24) is 4.31 Å². The summed E-state index contributed by atoms with van der Waals surface area (Å²) in [4.78, 5) is 0.0237. The summed E-state index contributed by atoms with van der Waals surface area (Å²) in [5.74, 6) is 0. The van der Waals surface area contributed by atoms with Gasteiger partial charge in [0.2, 0.25) is 10.0 Å². The van der Waals surface area contributed by atoms with E-state index in [-0.39, 0.29) is 28.6 Å². The van der Waals surface area contributed by atoms with Crippen molar-refractivity contribution in [3.05, 3.63) is 27.7 Å². The van der Waals surface area contributed by atoms with Crippen molar-refractivity contribution in [2.24, 2.45) is 5.73 Å². The van der Waals surface area contributed by atoms with E-state index in [9.17, 15) is 8.42 Å². The molecule has 0 saturated carbocycles. The van der Waals surface area contributed by atoms with Gasteiger partial charge in [-0.2, -0.15) is 4.31 Å². The van der Waals surface area contributed by atoms with Gasteiger partial charge < -0.3 is 10.5 Å². The molecule has 1 aromatic carbocycles. The Hall–Kier alpha value is -0.370. The predicted molar refractivity (Wildman–Crippen MR) is 83.1 cm³/mol. The molecule has 8 heteroatoms. The second-order valence-electron chi connectivity index (χ2n) is 5.03. The summed E-state index contributed by atoms with van der Waals surface area (Å²) < 4.78 is 32.3. The van der Waals surface area contributed by atoms with Crippen LogP contribution in [-0.2, 0) is 21.3 Å². The zero-order valence-corrected chi connectivity index (χ0v) is 14.2. The highest BCUT2D eigenvalue weighted by molar-refractivity contribution is 7.89. The van der Waals surface area contributed by atoms with Gasteiger partial charge in [0.1, 0.15) is 4.90 Å². The molecule has 1 aromatic rings. The van der Waals surface area contributed by atoms with Gasteiger partial charge in [0.25, 0.3) is 0 Å². The van der Waals surface area contributed by atoms with Gasteiger partial charge in [-0.3, -0.25) is 0 Å². The van der Waals surface area contributed by atoms with Crippen molar-refractivity contribution in [2.45, 2.75) is 36.9 Å². The zero-order chi connectivity index (χ0) is 15.8. The Balaban J connectivity index is 2.44. The number of sulfonamides is 1. The minimum absolute atomic E-state index is 0.0237. The molecule has 1 aliphatic rings. The van der Waals surface area contributed by atoms with Crippen molar-refractivity contribution in [3.8, 4) is 0 Å². The van der Waals surface area contributed by atoms with Crippen LogP contribution in [0.1, 0.15) is 18.9 Å². The van der Waals surface area contributed by atoms with Gasteiger partial charge in [-0.25, -0.2) is 8.42 Å². The van der Waals surface area contributed by atoms with Crippen molar-refractivity contribution >= 4 is 33.2 Å². The summed E-state index contributed by atoms with van der Waals surface area (Å²) in [6.45, 7) is 2.55. The lowest BCUT2D eigenvalue weighted by atomic mass is 10.2. The molecule has 1 saturated heterocycles. The standard InChI is InChI=1S/C13H18Cl2N2O3S/c1-8-12(3-4-20-8)17(2)21(18,19)13-5-9(7-16)10(14)6-11(13)15/h5-6,8,12H,3-4,7,16H2,1-2H3. The molecule has 2 unspecified atom stereocenters. The first-order valence-corrected chi connectivity index (χ1v) is 8.76. The molecule has 118 valence electrons. The van der Waals surface area contributed by atoms with E-state index < -0.39 is 10.0 Å². The lowest BCUT2D eigenvalue weighted by molar-refractivity contribution is 0.102. The number of hydrogen-bond acceptors (Lipinski definition) is 4. The summed E-state index contributed by atoms with van der Waals surface area (Å²) in [7, 11) is -2.19. The normalized spacial score (nSPS) is 23.0. The summed E-state index contributed by atoms with van der Waals surface area (Å²) in [6.07, 6.45) is 0.510. The van der Waals surface area contributed by atoms with E-state index in [1.165, 1.54) is 23.5 Å². The third-order valence-electron chi connectivity index (χ3n) is 3.78. The fraction of sp³-hybridized carbons (Fsp3) is 0.538. The van der Waals surface area contributed by atoms with Crippen LogP contribution in [0.4, 0.5) is 0 Å².